The van der Waals surface area contributed by atoms with Crippen LogP contribution < -0.4 is 10.5 Å². The Bertz CT molecular complexity index is 1060. The van der Waals surface area contributed by atoms with Gasteiger partial charge in [-0.05, 0) is 95.9 Å². The Morgan fingerprint density at radius 1 is 1.21 bits per heavy atom. The Morgan fingerprint density at radius 3 is 2.73 bits per heavy atom. The summed E-state index contributed by atoms with van der Waals surface area (Å²) in [5.41, 5.74) is 12.1. The van der Waals surface area contributed by atoms with Crippen LogP contribution in [0.4, 0.5) is 0 Å². The number of ether oxygens (including phenoxy) is 1. The van der Waals surface area contributed by atoms with E-state index < -0.39 is 12.0 Å². The number of nitrogens with one attached hydrogen (secondary N) is 1. The maximum Gasteiger partial charge on any atom is 0.328 e. The number of imidazole rings is 1. The summed E-state index contributed by atoms with van der Waals surface area (Å²) in [6.07, 6.45) is 11.3. The Morgan fingerprint density at radius 2 is 2.00 bits per heavy atom. The smallest absolute Gasteiger partial charge is 0.328 e. The number of aromatic nitrogens is 2. The minimum atomic E-state index is -0.719. The van der Waals surface area contributed by atoms with Crippen molar-refractivity contribution >= 4 is 5.97 Å². The molecule has 1 heterocycles. The van der Waals surface area contributed by atoms with Crippen LogP contribution in [0.15, 0.2) is 24.7 Å². The predicted octanol–water partition coefficient (Wildman–Crippen LogP) is 5.25. The van der Waals surface area contributed by atoms with E-state index in [1.165, 1.54) is 48.8 Å². The Kier molecular flexibility index (Phi) is 5.28. The van der Waals surface area contributed by atoms with Gasteiger partial charge in [0.25, 0.3) is 0 Å². The molecule has 2 aromatic rings. The molecule has 5 nitrogen and oxygen atoms in total. The lowest BCUT2D eigenvalue weighted by molar-refractivity contribution is -0.135. The van der Waals surface area contributed by atoms with E-state index in [0.717, 1.165) is 18.0 Å². The average Bonchev–Trinajstić information content (AvgIpc) is 3.33. The lowest BCUT2D eigenvalue weighted by Gasteiger charge is -2.61. The van der Waals surface area contributed by atoms with Crippen LogP contribution in [0.2, 0.25) is 0 Å². The molecule has 3 aliphatic rings. The largest absolute Gasteiger partial charge is 0.425 e. The number of nitrogens with two attached hydrogens (primary N) is 1. The first kappa shape index (κ1) is 22.6. The number of rotatable bonds is 4. The van der Waals surface area contributed by atoms with Gasteiger partial charge in [0.05, 0.1) is 6.33 Å². The van der Waals surface area contributed by atoms with E-state index in [-0.39, 0.29) is 5.41 Å². The molecule has 0 spiro atoms. The summed E-state index contributed by atoms with van der Waals surface area (Å²) in [4.78, 5) is 19.7. The van der Waals surface area contributed by atoms with Crippen molar-refractivity contribution in [2.45, 2.75) is 91.0 Å². The number of fused-ring (bicyclic) bond motifs is 5. The Labute approximate surface area is 197 Å². The summed E-state index contributed by atoms with van der Waals surface area (Å²) in [6.45, 7) is 12.3. The zero-order valence-electron chi connectivity index (χ0n) is 20.8. The highest BCUT2D eigenvalue weighted by Gasteiger charge is 2.61. The Hall–Kier alpha value is -2.14. The third-order valence-electron chi connectivity index (χ3n) is 9.70. The van der Waals surface area contributed by atoms with Crippen LogP contribution in [-0.4, -0.2) is 22.0 Å². The van der Waals surface area contributed by atoms with E-state index in [1.807, 2.05) is 6.07 Å². The SMILES string of the molecule is Cc1cc(OC(=O)C(N)Cc2cnc[nH]2)cc2c1[C@]1(C)CCC3C(C)(C)CCC[C@]3(C)[C@H]1C2. The third-order valence-corrected chi connectivity index (χ3v) is 9.70. The molecule has 2 unspecified atom stereocenters. The van der Waals surface area contributed by atoms with Gasteiger partial charge in [-0.15, -0.1) is 0 Å². The van der Waals surface area contributed by atoms with Crippen molar-refractivity contribution in [3.63, 3.8) is 0 Å². The highest BCUT2D eigenvalue weighted by atomic mass is 16.5. The first-order valence-electron chi connectivity index (χ1n) is 12.6. The van der Waals surface area contributed by atoms with Crippen LogP contribution in [0.5, 0.6) is 5.75 Å². The maximum atomic E-state index is 12.7. The second-order valence-corrected chi connectivity index (χ2v) is 12.2. The molecule has 5 rings (SSSR count). The molecule has 33 heavy (non-hydrogen) atoms. The van der Waals surface area contributed by atoms with Crippen LogP contribution in [-0.2, 0) is 23.1 Å². The van der Waals surface area contributed by atoms with Crippen LogP contribution in [0.1, 0.15) is 82.2 Å². The standard InChI is InChI=1S/C28H39N3O2/c1-17-11-20(33-25(32)21(29)14-19-15-30-16-31-19)12-18-13-23-27(4)9-6-8-26(2,3)22(27)7-10-28(23,5)24(17)18/h11-12,15-16,21-23H,6-10,13-14,29H2,1-5H3,(H,30,31)/t21?,22?,23-,27+,28-/m1/s1. The Balaban J connectivity index is 1.41. The molecule has 5 heteroatoms. The van der Waals surface area contributed by atoms with Crippen molar-refractivity contribution in [2.75, 3.05) is 0 Å². The molecule has 1 aromatic heterocycles. The first-order valence-corrected chi connectivity index (χ1v) is 12.6. The van der Waals surface area contributed by atoms with E-state index in [4.69, 9.17) is 10.5 Å². The van der Waals surface area contributed by atoms with Crippen molar-refractivity contribution in [3.05, 3.63) is 47.0 Å². The van der Waals surface area contributed by atoms with Crippen LogP contribution in [0.3, 0.4) is 0 Å². The molecule has 2 fully saturated rings. The number of esters is 1. The molecule has 2 saturated carbocycles. The fourth-order valence-corrected chi connectivity index (χ4v) is 8.40. The molecular weight excluding hydrogens is 410 g/mol. The monoisotopic (exact) mass is 449 g/mol. The van der Waals surface area contributed by atoms with E-state index in [0.29, 0.717) is 28.9 Å². The number of aryl methyl sites for hydroxylation is 1. The van der Waals surface area contributed by atoms with Crippen LogP contribution in [0, 0.1) is 29.6 Å². The number of benzene rings is 1. The first-order chi connectivity index (χ1) is 15.5. The minimum absolute atomic E-state index is 0.206. The van der Waals surface area contributed by atoms with Crippen molar-refractivity contribution in [3.8, 4) is 5.75 Å². The fraction of sp³-hybridized carbons (Fsp3) is 0.643. The highest BCUT2D eigenvalue weighted by Crippen LogP contribution is 2.67. The summed E-state index contributed by atoms with van der Waals surface area (Å²) in [5.74, 6) is 1.66. The van der Waals surface area contributed by atoms with Gasteiger partial charge in [0, 0.05) is 18.3 Å². The maximum absolute atomic E-state index is 12.7. The van der Waals surface area contributed by atoms with E-state index >= 15 is 0 Å². The zero-order chi connectivity index (χ0) is 23.6. The fourth-order valence-electron chi connectivity index (χ4n) is 8.40. The number of nitrogens with zero attached hydrogens (tertiary/aromatic N) is 1. The lowest BCUT2D eigenvalue weighted by Crippen LogP contribution is -2.55. The second kappa shape index (κ2) is 7.69. The number of aromatic amines is 1. The summed E-state index contributed by atoms with van der Waals surface area (Å²) in [7, 11) is 0. The van der Waals surface area contributed by atoms with Gasteiger partial charge >= 0.3 is 5.97 Å². The van der Waals surface area contributed by atoms with Crippen molar-refractivity contribution in [2.24, 2.45) is 28.4 Å². The van der Waals surface area contributed by atoms with E-state index in [9.17, 15) is 4.79 Å². The van der Waals surface area contributed by atoms with Crippen LogP contribution in [0.25, 0.3) is 0 Å². The van der Waals surface area contributed by atoms with Gasteiger partial charge < -0.3 is 15.5 Å². The number of hydrogen-bond acceptors (Lipinski definition) is 4. The minimum Gasteiger partial charge on any atom is -0.425 e. The number of carbonyl (C=O) groups is 1. The molecule has 0 saturated heterocycles. The number of carbonyl (C=O) groups excluding carboxylic acids is 1. The third kappa shape index (κ3) is 3.54. The molecule has 3 aliphatic carbocycles. The summed E-state index contributed by atoms with van der Waals surface area (Å²) >= 11 is 0. The van der Waals surface area contributed by atoms with Gasteiger partial charge in [0.1, 0.15) is 11.8 Å². The van der Waals surface area contributed by atoms with Crippen molar-refractivity contribution in [1.82, 2.24) is 9.97 Å². The van der Waals surface area contributed by atoms with Crippen molar-refractivity contribution < 1.29 is 9.53 Å². The molecular formula is C28H39N3O2. The van der Waals surface area contributed by atoms with Gasteiger partial charge in [0.2, 0.25) is 0 Å². The van der Waals surface area contributed by atoms with E-state index in [2.05, 4.69) is 50.7 Å². The molecule has 0 bridgehead atoms. The van der Waals surface area contributed by atoms with Crippen LogP contribution >= 0.6 is 0 Å². The molecule has 5 atom stereocenters. The predicted molar refractivity (Wildman–Crippen MR) is 130 cm³/mol. The number of hydrogen-bond donors (Lipinski definition) is 2. The number of H-pyrrole nitrogens is 1. The molecule has 0 amide bonds. The van der Waals surface area contributed by atoms with E-state index in [1.54, 1.807) is 12.5 Å². The molecule has 0 aliphatic heterocycles. The van der Waals surface area contributed by atoms with Gasteiger partial charge in [-0.1, -0.05) is 34.1 Å². The molecule has 178 valence electrons. The topological polar surface area (TPSA) is 81.0 Å². The quantitative estimate of drug-likeness (QED) is 0.493. The molecule has 3 N–H and O–H groups in total. The second-order valence-electron chi connectivity index (χ2n) is 12.2. The zero-order valence-corrected chi connectivity index (χ0v) is 20.8. The summed E-state index contributed by atoms with van der Waals surface area (Å²) in [5, 5.41) is 0. The van der Waals surface area contributed by atoms with Crippen molar-refractivity contribution in [1.29, 1.82) is 0 Å². The summed E-state index contributed by atoms with van der Waals surface area (Å²) < 4.78 is 5.78. The van der Waals surface area contributed by atoms with Gasteiger partial charge in [-0.2, -0.15) is 0 Å². The van der Waals surface area contributed by atoms with Gasteiger partial charge in [-0.25, -0.2) is 9.78 Å². The molecule has 0 radical (unpaired) electrons. The highest BCUT2D eigenvalue weighted by molar-refractivity contribution is 5.78. The van der Waals surface area contributed by atoms with Gasteiger partial charge in [-0.3, -0.25) is 0 Å². The summed E-state index contributed by atoms with van der Waals surface area (Å²) in [6, 6.07) is 3.45. The average molecular weight is 450 g/mol. The normalized spacial score (nSPS) is 33.0. The lowest BCUT2D eigenvalue weighted by atomic mass is 9.43. The van der Waals surface area contributed by atoms with Gasteiger partial charge in [0.15, 0.2) is 0 Å². The molecule has 1 aromatic carbocycles.